The molecular formula is C15H28N4S. The van der Waals surface area contributed by atoms with E-state index in [-0.39, 0.29) is 5.41 Å². The summed E-state index contributed by atoms with van der Waals surface area (Å²) >= 11 is 1.74. The zero-order valence-electron chi connectivity index (χ0n) is 13.6. The Morgan fingerprint density at radius 3 is 2.65 bits per heavy atom. The number of aliphatic imine (C=N–C) groups is 1. The minimum Gasteiger partial charge on any atom is -0.356 e. The van der Waals surface area contributed by atoms with Gasteiger partial charge in [-0.15, -0.1) is 11.3 Å². The maximum atomic E-state index is 4.70. The van der Waals surface area contributed by atoms with E-state index in [1.807, 2.05) is 0 Å². The Hall–Kier alpha value is -1.10. The van der Waals surface area contributed by atoms with Crippen LogP contribution < -0.4 is 10.6 Å². The number of guanidine groups is 1. The highest BCUT2D eigenvalue weighted by molar-refractivity contribution is 7.09. The van der Waals surface area contributed by atoms with E-state index >= 15 is 0 Å². The second-order valence-electron chi connectivity index (χ2n) is 6.08. The molecule has 1 heterocycles. The van der Waals surface area contributed by atoms with Gasteiger partial charge in [-0.25, -0.2) is 4.98 Å². The average molecular weight is 296 g/mol. The largest absolute Gasteiger partial charge is 0.356 e. The highest BCUT2D eigenvalue weighted by Crippen LogP contribution is 2.23. The van der Waals surface area contributed by atoms with Gasteiger partial charge in [0, 0.05) is 36.9 Å². The van der Waals surface area contributed by atoms with Crippen LogP contribution in [0.5, 0.6) is 0 Å². The van der Waals surface area contributed by atoms with Gasteiger partial charge in [0.1, 0.15) is 0 Å². The Morgan fingerprint density at radius 1 is 1.45 bits per heavy atom. The molecule has 1 aromatic rings. The zero-order valence-corrected chi connectivity index (χ0v) is 14.4. The van der Waals surface area contributed by atoms with Gasteiger partial charge in [0.05, 0.1) is 10.7 Å². The first-order valence-corrected chi connectivity index (χ1v) is 8.16. The topological polar surface area (TPSA) is 49.3 Å². The number of hydrogen-bond acceptors (Lipinski definition) is 3. The van der Waals surface area contributed by atoms with Gasteiger partial charge in [0.15, 0.2) is 5.96 Å². The first kappa shape index (κ1) is 17.0. The number of nitrogens with one attached hydrogen (secondary N) is 2. The van der Waals surface area contributed by atoms with Crippen molar-refractivity contribution >= 4 is 17.3 Å². The summed E-state index contributed by atoms with van der Waals surface area (Å²) in [5.74, 6) is 0.868. The van der Waals surface area contributed by atoms with Crippen LogP contribution in [0.3, 0.4) is 0 Å². The van der Waals surface area contributed by atoms with Crippen molar-refractivity contribution in [2.24, 2.45) is 4.99 Å². The lowest BCUT2D eigenvalue weighted by molar-refractivity contribution is 0.570. The summed E-state index contributed by atoms with van der Waals surface area (Å²) in [7, 11) is 1.80. The van der Waals surface area contributed by atoms with Crippen molar-refractivity contribution in [3.63, 3.8) is 0 Å². The lowest BCUT2D eigenvalue weighted by atomic mass is 9.93. The van der Waals surface area contributed by atoms with Crippen molar-refractivity contribution in [3.8, 4) is 0 Å². The first-order chi connectivity index (χ1) is 9.36. The molecule has 0 aliphatic heterocycles. The van der Waals surface area contributed by atoms with Gasteiger partial charge >= 0.3 is 0 Å². The maximum Gasteiger partial charge on any atom is 0.191 e. The SMILES string of the molecule is CCC(C)NC(=NC)NCCc1nc(C(C)(C)C)cs1. The van der Waals surface area contributed by atoms with Crippen LogP contribution >= 0.6 is 11.3 Å². The molecule has 0 amide bonds. The fourth-order valence-electron chi connectivity index (χ4n) is 1.59. The van der Waals surface area contributed by atoms with Crippen LogP contribution in [0.25, 0.3) is 0 Å². The van der Waals surface area contributed by atoms with Crippen molar-refractivity contribution in [1.29, 1.82) is 0 Å². The van der Waals surface area contributed by atoms with Crippen molar-refractivity contribution in [2.45, 2.75) is 58.9 Å². The summed E-state index contributed by atoms with van der Waals surface area (Å²) in [6.07, 6.45) is 2.02. The molecule has 0 saturated heterocycles. The average Bonchev–Trinajstić information content (AvgIpc) is 2.86. The van der Waals surface area contributed by atoms with Crippen LogP contribution in [0.2, 0.25) is 0 Å². The van der Waals surface area contributed by atoms with Crippen molar-refractivity contribution in [2.75, 3.05) is 13.6 Å². The quantitative estimate of drug-likeness (QED) is 0.649. The molecule has 2 N–H and O–H groups in total. The molecular weight excluding hydrogens is 268 g/mol. The van der Waals surface area contributed by atoms with E-state index in [2.05, 4.69) is 55.6 Å². The van der Waals surface area contributed by atoms with Gasteiger partial charge < -0.3 is 10.6 Å². The minimum absolute atomic E-state index is 0.135. The lowest BCUT2D eigenvalue weighted by Crippen LogP contribution is -2.42. The van der Waals surface area contributed by atoms with Gasteiger partial charge in [-0.1, -0.05) is 27.7 Å². The lowest BCUT2D eigenvalue weighted by Gasteiger charge is -2.16. The third-order valence-electron chi connectivity index (χ3n) is 3.17. The molecule has 0 saturated carbocycles. The summed E-state index contributed by atoms with van der Waals surface area (Å²) < 4.78 is 0. The van der Waals surface area contributed by atoms with E-state index in [1.165, 1.54) is 10.7 Å². The number of hydrogen-bond donors (Lipinski definition) is 2. The molecule has 0 aromatic carbocycles. The molecule has 0 radical (unpaired) electrons. The Kier molecular flexibility index (Phi) is 6.46. The number of rotatable bonds is 5. The molecule has 0 fully saturated rings. The monoisotopic (exact) mass is 296 g/mol. The third kappa shape index (κ3) is 5.49. The van der Waals surface area contributed by atoms with E-state index in [0.717, 1.165) is 25.3 Å². The molecule has 0 bridgehead atoms. The Bertz CT molecular complexity index is 431. The Balaban J connectivity index is 2.42. The Labute approximate surface area is 127 Å². The Morgan fingerprint density at radius 2 is 2.15 bits per heavy atom. The molecule has 20 heavy (non-hydrogen) atoms. The normalized spacial score (nSPS) is 14.2. The van der Waals surface area contributed by atoms with E-state index in [4.69, 9.17) is 4.98 Å². The van der Waals surface area contributed by atoms with Crippen LogP contribution in [0.15, 0.2) is 10.4 Å². The summed E-state index contributed by atoms with van der Waals surface area (Å²) in [6.45, 7) is 11.8. The summed E-state index contributed by atoms with van der Waals surface area (Å²) in [4.78, 5) is 8.93. The van der Waals surface area contributed by atoms with Crippen molar-refractivity contribution < 1.29 is 0 Å². The van der Waals surface area contributed by atoms with E-state index in [0.29, 0.717) is 6.04 Å². The van der Waals surface area contributed by atoms with Crippen LogP contribution in [-0.4, -0.2) is 30.6 Å². The highest BCUT2D eigenvalue weighted by atomic mass is 32.1. The van der Waals surface area contributed by atoms with E-state index in [9.17, 15) is 0 Å². The molecule has 4 nitrogen and oxygen atoms in total. The zero-order chi connectivity index (χ0) is 15.2. The van der Waals surface area contributed by atoms with Crippen LogP contribution in [0.4, 0.5) is 0 Å². The summed E-state index contributed by atoms with van der Waals surface area (Å²) in [5.41, 5.74) is 1.32. The first-order valence-electron chi connectivity index (χ1n) is 7.29. The predicted octanol–water partition coefficient (Wildman–Crippen LogP) is 2.95. The molecule has 0 aliphatic carbocycles. The molecule has 1 rings (SSSR count). The molecule has 1 aromatic heterocycles. The summed E-state index contributed by atoms with van der Waals surface area (Å²) in [6, 6.07) is 0.438. The van der Waals surface area contributed by atoms with Crippen molar-refractivity contribution in [3.05, 3.63) is 16.1 Å². The predicted molar refractivity (Wildman–Crippen MR) is 88.8 cm³/mol. The highest BCUT2D eigenvalue weighted by Gasteiger charge is 2.17. The van der Waals surface area contributed by atoms with Crippen LogP contribution in [0.1, 0.15) is 51.7 Å². The smallest absolute Gasteiger partial charge is 0.191 e. The minimum atomic E-state index is 0.135. The van der Waals surface area contributed by atoms with Gasteiger partial charge in [0.25, 0.3) is 0 Å². The summed E-state index contributed by atoms with van der Waals surface area (Å²) in [5, 5.41) is 10.0. The number of aromatic nitrogens is 1. The molecule has 114 valence electrons. The third-order valence-corrected chi connectivity index (χ3v) is 4.08. The fraction of sp³-hybridized carbons (Fsp3) is 0.733. The molecule has 5 heteroatoms. The van der Waals surface area contributed by atoms with Gasteiger partial charge in [-0.05, 0) is 13.3 Å². The maximum absolute atomic E-state index is 4.70. The van der Waals surface area contributed by atoms with Crippen LogP contribution in [-0.2, 0) is 11.8 Å². The second kappa shape index (κ2) is 7.62. The fourth-order valence-corrected chi connectivity index (χ4v) is 2.61. The van der Waals surface area contributed by atoms with Crippen molar-refractivity contribution in [1.82, 2.24) is 15.6 Å². The number of thiazole rings is 1. The molecule has 0 spiro atoms. The number of nitrogens with zero attached hydrogens (tertiary/aromatic N) is 2. The standard InChI is InChI=1S/C15H28N4S/c1-7-11(2)18-14(16-6)17-9-8-13-19-12(10-20-13)15(3,4)5/h10-11H,7-9H2,1-6H3,(H2,16,17,18). The van der Waals surface area contributed by atoms with Gasteiger partial charge in [-0.3, -0.25) is 4.99 Å². The van der Waals surface area contributed by atoms with Gasteiger partial charge in [-0.2, -0.15) is 0 Å². The van der Waals surface area contributed by atoms with E-state index < -0.39 is 0 Å². The van der Waals surface area contributed by atoms with Gasteiger partial charge in [0.2, 0.25) is 0 Å². The second-order valence-corrected chi connectivity index (χ2v) is 7.02. The van der Waals surface area contributed by atoms with E-state index in [1.54, 1.807) is 18.4 Å². The molecule has 1 unspecified atom stereocenters. The molecule has 0 aliphatic rings. The molecule has 1 atom stereocenters. The van der Waals surface area contributed by atoms with Crippen LogP contribution in [0, 0.1) is 0 Å².